The molecule has 2 atom stereocenters. The monoisotopic (exact) mass is 339 g/mol. The summed E-state index contributed by atoms with van der Waals surface area (Å²) in [5.41, 5.74) is 2.57. The largest absolute Gasteiger partial charge is 0.493 e. The van der Waals surface area contributed by atoms with E-state index >= 15 is 0 Å². The number of methoxy groups -OCH3 is 1. The Kier molecular flexibility index (Phi) is 4.09. The van der Waals surface area contributed by atoms with Crippen LogP contribution in [0.2, 0.25) is 0 Å². The van der Waals surface area contributed by atoms with Crippen LogP contribution in [0.25, 0.3) is 0 Å². The molecule has 4 rings (SSSR count). The van der Waals surface area contributed by atoms with E-state index in [2.05, 4.69) is 0 Å². The molecular formula is C20H21NO4. The molecule has 2 aromatic rings. The van der Waals surface area contributed by atoms with Gasteiger partial charge < -0.3 is 19.5 Å². The highest BCUT2D eigenvalue weighted by molar-refractivity contribution is 6.10. The first-order valence-corrected chi connectivity index (χ1v) is 8.58. The van der Waals surface area contributed by atoms with Crippen molar-refractivity contribution in [2.24, 2.45) is 0 Å². The molecule has 0 spiro atoms. The standard InChI is InChI=1S/C20H21NO4/c1-24-18-9-6-14(10-19(18)25-16-8-7-15(22)11-16)21-12-13-4-2-3-5-17(13)20(21)23/h2-6,9-10,15-16,22H,7-8,11-12H2,1H3. The predicted molar refractivity (Wildman–Crippen MR) is 94.2 cm³/mol. The molecule has 1 saturated carbocycles. The number of carbonyl (C=O) groups is 1. The molecule has 1 amide bonds. The van der Waals surface area contributed by atoms with Crippen LogP contribution in [0, 0.1) is 0 Å². The summed E-state index contributed by atoms with van der Waals surface area (Å²) < 4.78 is 11.5. The lowest BCUT2D eigenvalue weighted by Crippen LogP contribution is -2.23. The van der Waals surface area contributed by atoms with Crippen molar-refractivity contribution < 1.29 is 19.4 Å². The van der Waals surface area contributed by atoms with Gasteiger partial charge in [-0.2, -0.15) is 0 Å². The maximum Gasteiger partial charge on any atom is 0.258 e. The average Bonchev–Trinajstić information content (AvgIpc) is 3.18. The highest BCUT2D eigenvalue weighted by atomic mass is 16.5. The third kappa shape index (κ3) is 2.96. The lowest BCUT2D eigenvalue weighted by molar-refractivity contribution is 0.0996. The zero-order chi connectivity index (χ0) is 17.4. The zero-order valence-electron chi connectivity index (χ0n) is 14.1. The second kappa shape index (κ2) is 6.41. The van der Waals surface area contributed by atoms with Gasteiger partial charge in [0.15, 0.2) is 11.5 Å². The normalized spacial score (nSPS) is 22.2. The number of hydrogen-bond donors (Lipinski definition) is 1. The Balaban J connectivity index is 1.61. The predicted octanol–water partition coefficient (Wildman–Crippen LogP) is 3.15. The Morgan fingerprint density at radius 1 is 1.12 bits per heavy atom. The molecule has 1 aliphatic heterocycles. The molecule has 0 bridgehead atoms. The molecule has 5 heteroatoms. The van der Waals surface area contributed by atoms with Gasteiger partial charge in [-0.3, -0.25) is 4.79 Å². The molecule has 0 saturated heterocycles. The van der Waals surface area contributed by atoms with Crippen molar-refractivity contribution >= 4 is 11.6 Å². The molecule has 0 aromatic heterocycles. The van der Waals surface area contributed by atoms with Crippen LogP contribution >= 0.6 is 0 Å². The van der Waals surface area contributed by atoms with Gasteiger partial charge in [0.05, 0.1) is 19.8 Å². The highest BCUT2D eigenvalue weighted by Crippen LogP contribution is 2.37. The van der Waals surface area contributed by atoms with Crippen LogP contribution in [0.1, 0.15) is 35.2 Å². The lowest BCUT2D eigenvalue weighted by Gasteiger charge is -2.20. The van der Waals surface area contributed by atoms with E-state index in [0.717, 1.165) is 29.7 Å². The Hall–Kier alpha value is -2.53. The maximum absolute atomic E-state index is 12.7. The van der Waals surface area contributed by atoms with Gasteiger partial charge in [-0.25, -0.2) is 0 Å². The molecule has 0 radical (unpaired) electrons. The summed E-state index contributed by atoms with van der Waals surface area (Å²) in [4.78, 5) is 14.4. The Morgan fingerprint density at radius 3 is 2.68 bits per heavy atom. The number of amides is 1. The fourth-order valence-corrected chi connectivity index (χ4v) is 3.59. The molecule has 2 unspecified atom stereocenters. The number of nitrogens with zero attached hydrogens (tertiary/aromatic N) is 1. The van der Waals surface area contributed by atoms with E-state index in [1.54, 1.807) is 12.0 Å². The molecule has 25 heavy (non-hydrogen) atoms. The van der Waals surface area contributed by atoms with Crippen molar-refractivity contribution in [3.05, 3.63) is 53.6 Å². The summed E-state index contributed by atoms with van der Waals surface area (Å²) in [6.45, 7) is 0.558. The fourth-order valence-electron chi connectivity index (χ4n) is 3.59. The van der Waals surface area contributed by atoms with Crippen molar-refractivity contribution in [2.75, 3.05) is 12.0 Å². The third-order valence-electron chi connectivity index (χ3n) is 4.93. The lowest BCUT2D eigenvalue weighted by atomic mass is 10.1. The van der Waals surface area contributed by atoms with Crippen molar-refractivity contribution in [1.82, 2.24) is 0 Å². The minimum atomic E-state index is -0.297. The Morgan fingerprint density at radius 2 is 1.96 bits per heavy atom. The van der Waals surface area contributed by atoms with E-state index in [1.165, 1.54) is 0 Å². The van der Waals surface area contributed by atoms with Crippen molar-refractivity contribution in [1.29, 1.82) is 0 Å². The van der Waals surface area contributed by atoms with Crippen LogP contribution in [0.15, 0.2) is 42.5 Å². The summed E-state index contributed by atoms with van der Waals surface area (Å²) >= 11 is 0. The van der Waals surface area contributed by atoms with E-state index in [-0.39, 0.29) is 18.1 Å². The highest BCUT2D eigenvalue weighted by Gasteiger charge is 2.29. The number of hydrogen-bond acceptors (Lipinski definition) is 4. The second-order valence-corrected chi connectivity index (χ2v) is 6.59. The molecule has 1 aliphatic carbocycles. The number of ether oxygens (including phenoxy) is 2. The van der Waals surface area contributed by atoms with E-state index in [1.807, 2.05) is 42.5 Å². The fraction of sp³-hybridized carbons (Fsp3) is 0.350. The van der Waals surface area contributed by atoms with Gasteiger partial charge in [0, 0.05) is 23.7 Å². The first-order chi connectivity index (χ1) is 12.2. The van der Waals surface area contributed by atoms with Crippen molar-refractivity contribution in [3.8, 4) is 11.5 Å². The molecule has 1 heterocycles. The van der Waals surface area contributed by atoms with Crippen LogP contribution in [0.3, 0.4) is 0 Å². The van der Waals surface area contributed by atoms with E-state index < -0.39 is 0 Å². The van der Waals surface area contributed by atoms with E-state index in [4.69, 9.17) is 9.47 Å². The minimum Gasteiger partial charge on any atom is -0.493 e. The SMILES string of the molecule is COc1ccc(N2Cc3ccccc3C2=O)cc1OC1CCC(O)C1. The number of aliphatic hydroxyl groups excluding tert-OH is 1. The zero-order valence-corrected chi connectivity index (χ0v) is 14.1. The number of aliphatic hydroxyl groups is 1. The molecule has 2 aliphatic rings. The number of rotatable bonds is 4. The van der Waals surface area contributed by atoms with Crippen molar-refractivity contribution in [2.45, 2.75) is 38.0 Å². The number of anilines is 1. The van der Waals surface area contributed by atoms with E-state index in [9.17, 15) is 9.90 Å². The van der Waals surface area contributed by atoms with Gasteiger partial charge in [-0.15, -0.1) is 0 Å². The molecular weight excluding hydrogens is 318 g/mol. The van der Waals surface area contributed by atoms with E-state index in [0.29, 0.717) is 24.5 Å². The van der Waals surface area contributed by atoms with Crippen molar-refractivity contribution in [3.63, 3.8) is 0 Å². The second-order valence-electron chi connectivity index (χ2n) is 6.59. The summed E-state index contributed by atoms with van der Waals surface area (Å²) in [5, 5.41) is 9.70. The molecule has 1 N–H and O–H groups in total. The van der Waals surface area contributed by atoms with Gasteiger partial charge in [0.2, 0.25) is 0 Å². The molecule has 2 aromatic carbocycles. The first-order valence-electron chi connectivity index (χ1n) is 8.58. The van der Waals surface area contributed by atoms with Crippen LogP contribution in [0.4, 0.5) is 5.69 Å². The Labute approximate surface area is 146 Å². The smallest absolute Gasteiger partial charge is 0.258 e. The Bertz CT molecular complexity index is 804. The van der Waals surface area contributed by atoms with Gasteiger partial charge in [0.25, 0.3) is 5.91 Å². The number of carbonyl (C=O) groups excluding carboxylic acids is 1. The van der Waals surface area contributed by atoms with Gasteiger partial charge in [-0.1, -0.05) is 18.2 Å². The van der Waals surface area contributed by atoms with Crippen LogP contribution in [0.5, 0.6) is 11.5 Å². The molecule has 5 nitrogen and oxygen atoms in total. The third-order valence-corrected chi connectivity index (χ3v) is 4.93. The quantitative estimate of drug-likeness (QED) is 0.930. The maximum atomic E-state index is 12.7. The molecule has 1 fully saturated rings. The number of fused-ring (bicyclic) bond motifs is 1. The molecule has 130 valence electrons. The summed E-state index contributed by atoms with van der Waals surface area (Å²) in [7, 11) is 1.60. The van der Waals surface area contributed by atoms with Crippen LogP contribution in [-0.4, -0.2) is 30.3 Å². The van der Waals surface area contributed by atoms with Gasteiger partial charge in [0.1, 0.15) is 6.10 Å². The van der Waals surface area contributed by atoms with Crippen LogP contribution in [-0.2, 0) is 6.54 Å². The van der Waals surface area contributed by atoms with Gasteiger partial charge >= 0.3 is 0 Å². The van der Waals surface area contributed by atoms with Crippen LogP contribution < -0.4 is 14.4 Å². The summed E-state index contributed by atoms with van der Waals surface area (Å²) in [6, 6.07) is 13.2. The van der Waals surface area contributed by atoms with Gasteiger partial charge in [-0.05, 0) is 36.6 Å². The summed E-state index contributed by atoms with van der Waals surface area (Å²) in [6.07, 6.45) is 1.89. The minimum absolute atomic E-state index is 0.00278. The first kappa shape index (κ1) is 16.0. The topological polar surface area (TPSA) is 59.0 Å². The summed E-state index contributed by atoms with van der Waals surface area (Å²) in [5.74, 6) is 1.25. The average molecular weight is 339 g/mol. The number of benzene rings is 2.